The predicted octanol–water partition coefficient (Wildman–Crippen LogP) is -2.90. The zero-order chi connectivity index (χ0) is 3.58. The fourth-order valence-electron chi connectivity index (χ4n) is 0. The Bertz CT molecular complexity index is 33.8. The molecule has 0 saturated carbocycles. The summed E-state index contributed by atoms with van der Waals surface area (Å²) in [5, 5.41) is 6.06. The molecule has 0 bridgehead atoms. The van der Waals surface area contributed by atoms with Crippen molar-refractivity contribution in [3.05, 3.63) is 0 Å². The van der Waals surface area contributed by atoms with Crippen LogP contribution in [0.5, 0.6) is 0 Å². The first-order valence-corrected chi connectivity index (χ1v) is 0.827. The van der Waals surface area contributed by atoms with Crippen molar-refractivity contribution in [3.63, 3.8) is 0 Å². The molecule has 5 heteroatoms. The molecular weight excluding hydrogens is 110 g/mol. The summed E-state index contributed by atoms with van der Waals surface area (Å²) < 4.78 is 0. The molecule has 6 heavy (non-hydrogen) atoms. The van der Waals surface area contributed by atoms with Gasteiger partial charge in [0.15, 0.2) is 5.96 Å². The number of hydrogen-bond donors (Lipinski definition) is 3. The Hall–Kier alpha value is 0.490. The van der Waals surface area contributed by atoms with Gasteiger partial charge in [0, 0.05) is 0 Å². The van der Waals surface area contributed by atoms with Gasteiger partial charge >= 0.3 is 37.7 Å². The summed E-state index contributed by atoms with van der Waals surface area (Å²) in [6.45, 7) is 0. The van der Waals surface area contributed by atoms with Crippen LogP contribution in [0.1, 0.15) is 0 Å². The summed E-state index contributed by atoms with van der Waals surface area (Å²) in [5.74, 6) is -0.333. The van der Waals surface area contributed by atoms with Crippen molar-refractivity contribution in [2.75, 3.05) is 0 Å². The Morgan fingerprint density at radius 1 is 1.33 bits per heavy atom. The Morgan fingerprint density at radius 3 is 1.33 bits per heavy atom. The Kier molecular flexibility index (Phi) is 24.3. The first-order chi connectivity index (χ1) is 1.73. The fraction of sp³-hybridized carbons (Fsp3) is 0. The van der Waals surface area contributed by atoms with Gasteiger partial charge in [0.2, 0.25) is 0 Å². The van der Waals surface area contributed by atoms with E-state index >= 15 is 0 Å². The van der Waals surface area contributed by atoms with E-state index in [9.17, 15) is 0 Å². The van der Waals surface area contributed by atoms with Crippen LogP contribution in [0.4, 0.5) is 0 Å². The first-order valence-electron chi connectivity index (χ1n) is 0.827. The van der Waals surface area contributed by atoms with E-state index in [0.29, 0.717) is 0 Å². The van der Waals surface area contributed by atoms with E-state index in [4.69, 9.17) is 5.41 Å². The summed E-state index contributed by atoms with van der Waals surface area (Å²) in [4.78, 5) is 0. The standard InChI is InChI=1S/CH5N3.Ca.H2O.2H/c2-1(3)4;;;;/h(H5,2,3,4);;1H2;;. The maximum atomic E-state index is 6.06. The number of hydrogen-bond acceptors (Lipinski definition) is 1. The second-order valence-electron chi connectivity index (χ2n) is 0.455. The van der Waals surface area contributed by atoms with Crippen LogP contribution >= 0.6 is 0 Å². The Balaban J connectivity index is -0.0000000450. The van der Waals surface area contributed by atoms with E-state index in [1.807, 2.05) is 0 Å². The van der Waals surface area contributed by atoms with Crippen molar-refractivity contribution in [2.45, 2.75) is 0 Å². The average Bonchev–Trinajstić information content (AvgIpc) is 0.811. The SMILES string of the molecule is N=C(N)N.O.[CaH2]. The van der Waals surface area contributed by atoms with Crippen molar-refractivity contribution < 1.29 is 5.48 Å². The van der Waals surface area contributed by atoms with Crippen LogP contribution in [-0.2, 0) is 0 Å². The third-order valence-electron chi connectivity index (χ3n) is 0. The van der Waals surface area contributed by atoms with E-state index in [-0.39, 0.29) is 49.2 Å². The molecule has 0 fully saturated rings. The van der Waals surface area contributed by atoms with Crippen LogP contribution in [0.15, 0.2) is 0 Å². The van der Waals surface area contributed by atoms with Crippen LogP contribution < -0.4 is 11.5 Å². The van der Waals surface area contributed by atoms with Crippen molar-refractivity contribution >= 4 is 43.7 Å². The second-order valence-corrected chi connectivity index (χ2v) is 0.455. The Labute approximate surface area is 65.7 Å². The van der Waals surface area contributed by atoms with E-state index < -0.39 is 0 Å². The molecule has 0 unspecified atom stereocenters. The molecule has 0 saturated heterocycles. The molecule has 0 spiro atoms. The molecule has 0 aliphatic heterocycles. The van der Waals surface area contributed by atoms with Gasteiger partial charge in [-0.1, -0.05) is 0 Å². The monoisotopic (exact) mass is 119 g/mol. The average molecular weight is 119 g/mol. The molecule has 0 radical (unpaired) electrons. The van der Waals surface area contributed by atoms with Crippen molar-refractivity contribution in [3.8, 4) is 0 Å². The molecule has 0 aliphatic carbocycles. The van der Waals surface area contributed by atoms with Gasteiger partial charge in [-0.3, -0.25) is 5.41 Å². The molecule has 0 aromatic rings. The molecule has 4 nitrogen and oxygen atoms in total. The molecule has 0 aromatic carbocycles. The van der Waals surface area contributed by atoms with Crippen molar-refractivity contribution in [1.82, 2.24) is 0 Å². The Morgan fingerprint density at radius 2 is 1.33 bits per heavy atom. The molecule has 0 aliphatic rings. The van der Waals surface area contributed by atoms with Crippen LogP contribution in [0.3, 0.4) is 0 Å². The quantitative estimate of drug-likeness (QED) is 0.181. The molecule has 36 valence electrons. The second kappa shape index (κ2) is 9.09. The van der Waals surface area contributed by atoms with E-state index in [1.165, 1.54) is 0 Å². The van der Waals surface area contributed by atoms with Gasteiger partial charge in [0.1, 0.15) is 0 Å². The zero-order valence-corrected chi connectivity index (χ0v) is 2.65. The zero-order valence-electron chi connectivity index (χ0n) is 2.65. The molecule has 0 rings (SSSR count). The number of nitrogens with one attached hydrogen (secondary N) is 1. The van der Waals surface area contributed by atoms with E-state index in [1.54, 1.807) is 0 Å². The van der Waals surface area contributed by atoms with E-state index in [2.05, 4.69) is 11.5 Å². The fourth-order valence-corrected chi connectivity index (χ4v) is 0. The van der Waals surface area contributed by atoms with E-state index in [0.717, 1.165) is 0 Å². The van der Waals surface area contributed by atoms with Crippen molar-refractivity contribution in [2.24, 2.45) is 11.5 Å². The van der Waals surface area contributed by atoms with Crippen molar-refractivity contribution in [1.29, 1.82) is 5.41 Å². The van der Waals surface area contributed by atoms with Gasteiger partial charge in [-0.25, -0.2) is 0 Å². The summed E-state index contributed by atoms with van der Waals surface area (Å²) in [7, 11) is 0. The van der Waals surface area contributed by atoms with Gasteiger partial charge in [0.25, 0.3) is 0 Å². The maximum absolute atomic E-state index is 6.06. The third-order valence-corrected chi connectivity index (χ3v) is 0. The van der Waals surface area contributed by atoms with Crippen LogP contribution in [0, 0.1) is 5.41 Å². The van der Waals surface area contributed by atoms with Gasteiger partial charge in [-0.2, -0.15) is 0 Å². The van der Waals surface area contributed by atoms with Gasteiger partial charge < -0.3 is 16.9 Å². The normalized spacial score (nSPS) is 4.00. The summed E-state index contributed by atoms with van der Waals surface area (Å²) in [5.41, 5.74) is 8.94. The van der Waals surface area contributed by atoms with Crippen LogP contribution in [0.25, 0.3) is 0 Å². The topological polar surface area (TPSA) is 107 Å². The number of guanidine groups is 1. The summed E-state index contributed by atoms with van der Waals surface area (Å²) >= 11 is 0. The van der Waals surface area contributed by atoms with Gasteiger partial charge in [-0.15, -0.1) is 0 Å². The minimum absolute atomic E-state index is 0. The summed E-state index contributed by atoms with van der Waals surface area (Å²) in [6.07, 6.45) is 0. The predicted molar refractivity (Wildman–Crippen MR) is 28.3 cm³/mol. The van der Waals surface area contributed by atoms with Crippen LogP contribution in [-0.4, -0.2) is 49.2 Å². The first kappa shape index (κ1) is 16.1. The van der Waals surface area contributed by atoms with Crippen LogP contribution in [0.2, 0.25) is 0 Å². The molecule has 0 heterocycles. The minimum atomic E-state index is -0.333. The number of nitrogens with two attached hydrogens (primary N) is 2. The number of rotatable bonds is 0. The molecule has 0 amide bonds. The summed E-state index contributed by atoms with van der Waals surface area (Å²) in [6, 6.07) is 0. The molecule has 0 atom stereocenters. The molecule has 0 aromatic heterocycles. The van der Waals surface area contributed by atoms with Gasteiger partial charge in [-0.05, 0) is 0 Å². The third kappa shape index (κ3) is 228. The van der Waals surface area contributed by atoms with Gasteiger partial charge in [0.05, 0.1) is 0 Å². The molecule has 7 N–H and O–H groups in total. The molecular formula is CH9CaN3O.